The maximum absolute atomic E-state index is 12.7. The van der Waals surface area contributed by atoms with Crippen molar-refractivity contribution in [3.8, 4) is 11.1 Å². The highest BCUT2D eigenvalue weighted by Crippen LogP contribution is 2.44. The second-order valence-electron chi connectivity index (χ2n) is 8.59. The molecule has 0 fully saturated rings. The van der Waals surface area contributed by atoms with Gasteiger partial charge in [-0.05, 0) is 47.7 Å². The van der Waals surface area contributed by atoms with Crippen molar-refractivity contribution >= 4 is 17.7 Å². The minimum Gasteiger partial charge on any atom is -0.480 e. The lowest BCUT2D eigenvalue weighted by molar-refractivity contribution is -0.139. The molecule has 0 saturated heterocycles. The van der Waals surface area contributed by atoms with E-state index in [1.165, 1.54) is 0 Å². The predicted octanol–water partition coefficient (Wildman–Crippen LogP) is 4.49. The van der Waals surface area contributed by atoms with E-state index in [0.717, 1.165) is 44.9 Å². The fourth-order valence-corrected chi connectivity index (χ4v) is 4.79. The van der Waals surface area contributed by atoms with E-state index < -0.39 is 18.1 Å². The first-order valence-electron chi connectivity index (χ1n) is 11.2. The van der Waals surface area contributed by atoms with E-state index in [1.807, 2.05) is 73.0 Å². The van der Waals surface area contributed by atoms with Crippen molar-refractivity contribution in [3.05, 3.63) is 94.9 Å². The van der Waals surface area contributed by atoms with Gasteiger partial charge in [0.15, 0.2) is 0 Å². The van der Waals surface area contributed by atoms with Crippen molar-refractivity contribution in [2.45, 2.75) is 32.2 Å². The molecule has 0 radical (unpaired) electrons. The Bertz CT molecular complexity index is 1360. The molecule has 1 aliphatic rings. The summed E-state index contributed by atoms with van der Waals surface area (Å²) in [6, 6.07) is 18.8. The third-order valence-electron chi connectivity index (χ3n) is 6.48. The van der Waals surface area contributed by atoms with Gasteiger partial charge in [-0.2, -0.15) is 0 Å². The fourth-order valence-electron chi connectivity index (χ4n) is 4.79. The van der Waals surface area contributed by atoms with Crippen LogP contribution in [0.5, 0.6) is 0 Å². The molecule has 0 saturated carbocycles. The van der Waals surface area contributed by atoms with Crippen LogP contribution in [-0.2, 0) is 16.0 Å². The van der Waals surface area contributed by atoms with Gasteiger partial charge in [0.1, 0.15) is 18.3 Å². The van der Waals surface area contributed by atoms with Crippen LogP contribution in [0.1, 0.15) is 34.0 Å². The molecule has 7 nitrogen and oxygen atoms in total. The van der Waals surface area contributed by atoms with Gasteiger partial charge in [0.2, 0.25) is 0 Å². The van der Waals surface area contributed by atoms with E-state index in [2.05, 4.69) is 22.4 Å². The van der Waals surface area contributed by atoms with Crippen molar-refractivity contribution in [1.29, 1.82) is 0 Å². The zero-order valence-corrected chi connectivity index (χ0v) is 19.0. The van der Waals surface area contributed by atoms with E-state index >= 15 is 0 Å². The SMILES string of the molecule is Cc1nc2c(C)cccn2c1CC(NC(=O)OCC1c2ccccc2-c2ccccc21)C(=O)O. The molecular formula is C27H25N3O4. The highest BCUT2D eigenvalue weighted by atomic mass is 16.5. The number of ether oxygens (including phenoxy) is 1. The van der Waals surface area contributed by atoms with E-state index in [-0.39, 0.29) is 18.9 Å². The summed E-state index contributed by atoms with van der Waals surface area (Å²) >= 11 is 0. The molecule has 172 valence electrons. The summed E-state index contributed by atoms with van der Waals surface area (Å²) in [6.45, 7) is 3.92. The number of carbonyl (C=O) groups is 2. The molecule has 1 aliphatic carbocycles. The number of aromatic nitrogens is 2. The van der Waals surface area contributed by atoms with E-state index in [1.54, 1.807) is 0 Å². The van der Waals surface area contributed by atoms with Gasteiger partial charge in [-0.25, -0.2) is 14.6 Å². The topological polar surface area (TPSA) is 92.9 Å². The molecule has 2 heterocycles. The Morgan fingerprint density at radius 1 is 1.03 bits per heavy atom. The van der Waals surface area contributed by atoms with Crippen molar-refractivity contribution in [1.82, 2.24) is 14.7 Å². The zero-order valence-electron chi connectivity index (χ0n) is 19.0. The number of hydrogen-bond acceptors (Lipinski definition) is 4. The van der Waals surface area contributed by atoms with Crippen LogP contribution in [0, 0.1) is 13.8 Å². The molecule has 1 amide bonds. The van der Waals surface area contributed by atoms with Crippen LogP contribution < -0.4 is 5.32 Å². The number of benzene rings is 2. The average Bonchev–Trinajstić information content (AvgIpc) is 3.32. The summed E-state index contributed by atoms with van der Waals surface area (Å²) in [5.41, 5.74) is 7.71. The smallest absolute Gasteiger partial charge is 0.407 e. The van der Waals surface area contributed by atoms with Gasteiger partial charge in [-0.15, -0.1) is 0 Å². The minimum absolute atomic E-state index is 0.0922. The number of amides is 1. The van der Waals surface area contributed by atoms with Crippen LogP contribution >= 0.6 is 0 Å². The number of carbonyl (C=O) groups excluding carboxylic acids is 1. The first kappa shape index (κ1) is 21.7. The number of rotatable bonds is 6. The summed E-state index contributed by atoms with van der Waals surface area (Å²) in [5.74, 6) is -1.22. The maximum Gasteiger partial charge on any atom is 0.407 e. The predicted molar refractivity (Wildman–Crippen MR) is 128 cm³/mol. The van der Waals surface area contributed by atoms with Crippen molar-refractivity contribution in [2.24, 2.45) is 0 Å². The van der Waals surface area contributed by atoms with E-state index in [0.29, 0.717) is 0 Å². The molecule has 2 aromatic carbocycles. The quantitative estimate of drug-likeness (QED) is 0.447. The molecule has 1 atom stereocenters. The highest BCUT2D eigenvalue weighted by molar-refractivity contribution is 5.81. The lowest BCUT2D eigenvalue weighted by Crippen LogP contribution is -2.43. The molecule has 2 aromatic heterocycles. The van der Waals surface area contributed by atoms with Crippen LogP contribution in [0.2, 0.25) is 0 Å². The number of fused-ring (bicyclic) bond motifs is 4. The van der Waals surface area contributed by atoms with Crippen molar-refractivity contribution in [2.75, 3.05) is 6.61 Å². The normalized spacial score (nSPS) is 13.4. The highest BCUT2D eigenvalue weighted by Gasteiger charge is 2.30. The second-order valence-corrected chi connectivity index (χ2v) is 8.59. The molecule has 1 unspecified atom stereocenters. The van der Waals surface area contributed by atoms with Crippen molar-refractivity contribution < 1.29 is 19.4 Å². The second kappa shape index (κ2) is 8.67. The fraction of sp³-hybridized carbons (Fsp3) is 0.222. The van der Waals surface area contributed by atoms with E-state index in [9.17, 15) is 14.7 Å². The largest absolute Gasteiger partial charge is 0.480 e. The van der Waals surface area contributed by atoms with E-state index in [4.69, 9.17) is 4.74 Å². The number of aliphatic carboxylic acids is 1. The summed E-state index contributed by atoms with van der Waals surface area (Å²) in [4.78, 5) is 29.2. The Morgan fingerprint density at radius 2 is 1.68 bits per heavy atom. The average molecular weight is 456 g/mol. The molecular weight excluding hydrogens is 430 g/mol. The van der Waals surface area contributed by atoms with Gasteiger partial charge in [0.05, 0.1) is 5.69 Å². The number of hydrogen-bond donors (Lipinski definition) is 2. The van der Waals surface area contributed by atoms with Crippen LogP contribution in [0.15, 0.2) is 66.9 Å². The third kappa shape index (κ3) is 3.79. The Hall–Kier alpha value is -4.13. The first-order chi connectivity index (χ1) is 16.4. The molecule has 0 bridgehead atoms. The van der Waals surface area contributed by atoms with Gasteiger partial charge in [0, 0.05) is 24.2 Å². The summed E-state index contributed by atoms with van der Waals surface area (Å²) in [5, 5.41) is 12.3. The number of nitrogens with one attached hydrogen (secondary N) is 1. The number of imidazole rings is 1. The van der Waals surface area contributed by atoms with Crippen molar-refractivity contribution in [3.63, 3.8) is 0 Å². The molecule has 4 aromatic rings. The lowest BCUT2D eigenvalue weighted by atomic mass is 9.98. The van der Waals surface area contributed by atoms with Gasteiger partial charge < -0.3 is 19.6 Å². The Kier molecular flexibility index (Phi) is 5.53. The standard InChI is InChI=1S/C27H25N3O4/c1-16-8-7-13-30-24(17(2)28-25(16)30)14-23(26(31)32)29-27(33)34-15-22-20-11-5-3-9-18(20)19-10-4-6-12-21(19)22/h3-13,22-23H,14-15H2,1-2H3,(H,29,33)(H,31,32). The lowest BCUT2D eigenvalue weighted by Gasteiger charge is -2.17. The molecule has 34 heavy (non-hydrogen) atoms. The summed E-state index contributed by atoms with van der Waals surface area (Å²) in [6.07, 6.45) is 1.19. The van der Waals surface area contributed by atoms with Gasteiger partial charge in [-0.3, -0.25) is 0 Å². The Labute approximate surface area is 197 Å². The van der Waals surface area contributed by atoms with Crippen LogP contribution in [0.3, 0.4) is 0 Å². The zero-order chi connectivity index (χ0) is 23.8. The van der Waals surface area contributed by atoms with Gasteiger partial charge in [-0.1, -0.05) is 54.6 Å². The summed E-state index contributed by atoms with van der Waals surface area (Å²) < 4.78 is 7.42. The Morgan fingerprint density at radius 3 is 2.32 bits per heavy atom. The third-order valence-corrected chi connectivity index (χ3v) is 6.48. The minimum atomic E-state index is -1.14. The number of aryl methyl sites for hydroxylation is 2. The molecule has 0 spiro atoms. The van der Waals surface area contributed by atoms with Gasteiger partial charge >= 0.3 is 12.1 Å². The van der Waals surface area contributed by atoms with Crippen LogP contribution in [-0.4, -0.2) is 39.2 Å². The Balaban J connectivity index is 1.31. The monoisotopic (exact) mass is 455 g/mol. The maximum atomic E-state index is 12.7. The molecule has 0 aliphatic heterocycles. The number of pyridine rings is 1. The molecule has 5 rings (SSSR count). The number of carboxylic acids is 1. The number of nitrogens with zero attached hydrogens (tertiary/aromatic N) is 2. The molecule has 2 N–H and O–H groups in total. The van der Waals surface area contributed by atoms with Gasteiger partial charge in [0.25, 0.3) is 0 Å². The number of carboxylic acid groups (broad SMARTS) is 1. The summed E-state index contributed by atoms with van der Waals surface area (Å²) in [7, 11) is 0. The van der Waals surface area contributed by atoms with Crippen LogP contribution in [0.25, 0.3) is 16.8 Å². The van der Waals surface area contributed by atoms with Crippen LogP contribution in [0.4, 0.5) is 4.79 Å². The first-order valence-corrected chi connectivity index (χ1v) is 11.2. The molecule has 7 heteroatoms. The number of alkyl carbamates (subject to hydrolysis) is 1.